The van der Waals surface area contributed by atoms with Crippen LogP contribution in [0.4, 0.5) is 21.2 Å². The Morgan fingerprint density at radius 1 is 1.21 bits per heavy atom. The normalized spacial score (nSPS) is 16.6. The first-order valence-corrected chi connectivity index (χ1v) is 12.3. The summed E-state index contributed by atoms with van der Waals surface area (Å²) < 4.78 is 13.4. The maximum absolute atomic E-state index is 12.7. The number of halogens is 1. The van der Waals surface area contributed by atoms with Crippen molar-refractivity contribution in [2.75, 3.05) is 30.4 Å². The molecule has 1 saturated heterocycles. The Morgan fingerprint density at radius 3 is 2.53 bits per heavy atom. The molecule has 11 heteroatoms. The maximum Gasteiger partial charge on any atom is 0.415 e. The fourth-order valence-electron chi connectivity index (χ4n) is 3.74. The van der Waals surface area contributed by atoms with Crippen LogP contribution < -0.4 is 10.2 Å². The summed E-state index contributed by atoms with van der Waals surface area (Å²) in [6, 6.07) is 1.87. The largest absolute Gasteiger partial charge is 0.444 e. The van der Waals surface area contributed by atoms with Gasteiger partial charge in [-0.25, -0.2) is 14.6 Å². The Labute approximate surface area is 209 Å². The lowest BCUT2D eigenvalue weighted by Gasteiger charge is -2.28. The molecule has 3 rings (SSSR count). The molecule has 1 atom stereocenters. The van der Waals surface area contributed by atoms with Crippen LogP contribution in [0.5, 0.6) is 0 Å². The van der Waals surface area contributed by atoms with Crippen molar-refractivity contribution in [1.82, 2.24) is 19.5 Å². The molecule has 1 aliphatic rings. The minimum absolute atomic E-state index is 0.108. The van der Waals surface area contributed by atoms with Gasteiger partial charge in [-0.3, -0.25) is 4.90 Å². The van der Waals surface area contributed by atoms with Crippen molar-refractivity contribution in [2.24, 2.45) is 0 Å². The van der Waals surface area contributed by atoms with Gasteiger partial charge in [0.2, 0.25) is 0 Å². The van der Waals surface area contributed by atoms with Gasteiger partial charge in [0.05, 0.1) is 10.7 Å². The average molecular weight is 539 g/mol. The van der Waals surface area contributed by atoms with E-state index in [9.17, 15) is 9.59 Å². The number of nitrogens with one attached hydrogen (secondary N) is 1. The third-order valence-electron chi connectivity index (χ3n) is 5.21. The van der Waals surface area contributed by atoms with E-state index < -0.39 is 17.3 Å². The van der Waals surface area contributed by atoms with Crippen LogP contribution in [0, 0.1) is 0 Å². The van der Waals surface area contributed by atoms with Crippen LogP contribution >= 0.6 is 15.9 Å². The maximum atomic E-state index is 12.7. The molecule has 0 bridgehead atoms. The van der Waals surface area contributed by atoms with Crippen molar-refractivity contribution in [3.8, 4) is 0 Å². The SMILES string of the molecule is CN(C(=O)OC(C)(C)C)c1cc(NCC[C@@H]2CCCN2C(=O)OC(C)(C)C)nc2c(Br)cnn12. The summed E-state index contributed by atoms with van der Waals surface area (Å²) >= 11 is 3.47. The Balaban J connectivity index is 1.72. The number of carbonyl (C=O) groups is 2. The number of carbonyl (C=O) groups excluding carboxylic acids is 2. The molecule has 2 aromatic heterocycles. The highest BCUT2D eigenvalue weighted by Gasteiger charge is 2.32. The molecular formula is C23H35BrN6O4. The van der Waals surface area contributed by atoms with Gasteiger partial charge in [-0.2, -0.15) is 9.61 Å². The van der Waals surface area contributed by atoms with E-state index in [0.717, 1.165) is 19.3 Å². The number of likely N-dealkylation sites (tertiary alicyclic amines) is 1. The third kappa shape index (κ3) is 6.52. The van der Waals surface area contributed by atoms with Crippen LogP contribution in [0.3, 0.4) is 0 Å². The highest BCUT2D eigenvalue weighted by atomic mass is 79.9. The molecule has 1 N–H and O–H groups in total. The van der Waals surface area contributed by atoms with Crippen LogP contribution in [-0.4, -0.2) is 69.1 Å². The van der Waals surface area contributed by atoms with Gasteiger partial charge < -0.3 is 19.7 Å². The van der Waals surface area contributed by atoms with Gasteiger partial charge in [-0.05, 0) is 76.7 Å². The van der Waals surface area contributed by atoms with E-state index >= 15 is 0 Å². The number of aromatic nitrogens is 3. The van der Waals surface area contributed by atoms with Crippen molar-refractivity contribution in [3.05, 3.63) is 16.7 Å². The number of hydrogen-bond acceptors (Lipinski definition) is 7. The predicted octanol–water partition coefficient (Wildman–Crippen LogP) is 5.06. The lowest BCUT2D eigenvalue weighted by atomic mass is 10.1. The molecule has 188 valence electrons. The van der Waals surface area contributed by atoms with Crippen molar-refractivity contribution in [2.45, 2.75) is 78.0 Å². The summed E-state index contributed by atoms with van der Waals surface area (Å²) in [5.74, 6) is 1.12. The van der Waals surface area contributed by atoms with Crippen LogP contribution in [0.15, 0.2) is 16.7 Å². The summed E-state index contributed by atoms with van der Waals surface area (Å²) in [6.07, 6.45) is 3.53. The molecule has 3 heterocycles. The van der Waals surface area contributed by atoms with E-state index in [2.05, 4.69) is 31.3 Å². The third-order valence-corrected chi connectivity index (χ3v) is 5.77. The molecule has 0 radical (unpaired) electrons. The number of anilines is 2. The van der Waals surface area contributed by atoms with E-state index in [1.54, 1.807) is 23.8 Å². The van der Waals surface area contributed by atoms with Crippen LogP contribution in [0.2, 0.25) is 0 Å². The van der Waals surface area contributed by atoms with Gasteiger partial charge in [0.15, 0.2) is 5.65 Å². The molecule has 0 aromatic carbocycles. The van der Waals surface area contributed by atoms with Gasteiger partial charge >= 0.3 is 12.2 Å². The van der Waals surface area contributed by atoms with Crippen molar-refractivity contribution >= 4 is 45.4 Å². The highest BCUT2D eigenvalue weighted by molar-refractivity contribution is 9.10. The molecule has 2 amide bonds. The van der Waals surface area contributed by atoms with Gasteiger partial charge in [-0.15, -0.1) is 0 Å². The van der Waals surface area contributed by atoms with Crippen LogP contribution in [0.25, 0.3) is 5.65 Å². The lowest BCUT2D eigenvalue weighted by molar-refractivity contribution is 0.0222. The smallest absolute Gasteiger partial charge is 0.415 e. The second-order valence-corrected chi connectivity index (χ2v) is 11.3. The first-order valence-electron chi connectivity index (χ1n) is 11.5. The fraction of sp³-hybridized carbons (Fsp3) is 0.652. The molecule has 0 aliphatic carbocycles. The minimum atomic E-state index is -0.620. The summed E-state index contributed by atoms with van der Waals surface area (Å²) in [5, 5.41) is 7.67. The second kappa shape index (κ2) is 9.97. The summed E-state index contributed by atoms with van der Waals surface area (Å²) in [7, 11) is 1.64. The molecule has 2 aromatic rings. The molecule has 1 aliphatic heterocycles. The Bertz CT molecular complexity index is 1040. The van der Waals surface area contributed by atoms with E-state index in [1.165, 1.54) is 4.90 Å². The lowest BCUT2D eigenvalue weighted by Crippen LogP contribution is -2.40. The van der Waals surface area contributed by atoms with Gasteiger partial charge in [0, 0.05) is 32.2 Å². The van der Waals surface area contributed by atoms with E-state index in [1.807, 2.05) is 46.4 Å². The number of ether oxygens (including phenoxy) is 2. The topological polar surface area (TPSA) is 101 Å². The quantitative estimate of drug-likeness (QED) is 0.567. The first kappa shape index (κ1) is 26.1. The highest BCUT2D eigenvalue weighted by Crippen LogP contribution is 2.27. The van der Waals surface area contributed by atoms with Crippen molar-refractivity contribution in [3.63, 3.8) is 0 Å². The van der Waals surface area contributed by atoms with Gasteiger partial charge in [0.1, 0.15) is 22.8 Å². The van der Waals surface area contributed by atoms with Gasteiger partial charge in [0.25, 0.3) is 0 Å². The van der Waals surface area contributed by atoms with Gasteiger partial charge in [-0.1, -0.05) is 0 Å². The molecule has 1 fully saturated rings. The van der Waals surface area contributed by atoms with E-state index in [0.29, 0.717) is 34.8 Å². The summed E-state index contributed by atoms with van der Waals surface area (Å²) in [5.41, 5.74) is -0.562. The Morgan fingerprint density at radius 2 is 1.88 bits per heavy atom. The number of hydrogen-bond donors (Lipinski definition) is 1. The molecule has 10 nitrogen and oxygen atoms in total. The molecule has 0 spiro atoms. The zero-order valence-corrected chi connectivity index (χ0v) is 22.6. The zero-order valence-electron chi connectivity index (χ0n) is 21.0. The monoisotopic (exact) mass is 538 g/mol. The standard InChI is InChI=1S/C23H35BrN6O4/c1-22(2,3)33-20(31)28(7)18-13-17(27-19-16(24)14-26-30(18)19)25-11-10-15-9-8-12-29(15)21(32)34-23(4,5)6/h13-15H,8-12H2,1-7H3,(H,25,27)/t15-/m0/s1. The molecule has 34 heavy (non-hydrogen) atoms. The van der Waals surface area contributed by atoms with Crippen LogP contribution in [-0.2, 0) is 9.47 Å². The Hall–Kier alpha value is -2.56. The van der Waals surface area contributed by atoms with Crippen LogP contribution in [0.1, 0.15) is 60.8 Å². The fourth-order valence-corrected chi connectivity index (χ4v) is 4.09. The molecule has 0 saturated carbocycles. The number of nitrogens with zero attached hydrogens (tertiary/aromatic N) is 5. The summed E-state index contributed by atoms with van der Waals surface area (Å²) in [6.45, 7) is 12.4. The van der Waals surface area contributed by atoms with E-state index in [4.69, 9.17) is 9.47 Å². The molecular weight excluding hydrogens is 504 g/mol. The van der Waals surface area contributed by atoms with Crippen molar-refractivity contribution in [1.29, 1.82) is 0 Å². The van der Waals surface area contributed by atoms with Crippen molar-refractivity contribution < 1.29 is 19.1 Å². The number of fused-ring (bicyclic) bond motifs is 1. The average Bonchev–Trinajstić information content (AvgIpc) is 3.31. The molecule has 0 unspecified atom stereocenters. The summed E-state index contributed by atoms with van der Waals surface area (Å²) in [4.78, 5) is 33.1. The Kier molecular flexibility index (Phi) is 7.64. The first-order chi connectivity index (χ1) is 15.7. The van der Waals surface area contributed by atoms with E-state index in [-0.39, 0.29) is 12.1 Å². The second-order valence-electron chi connectivity index (χ2n) is 10.5. The number of amides is 2. The zero-order chi connectivity index (χ0) is 25.3. The predicted molar refractivity (Wildman–Crippen MR) is 134 cm³/mol. The minimum Gasteiger partial charge on any atom is -0.444 e. The number of rotatable bonds is 5.